The van der Waals surface area contributed by atoms with Gasteiger partial charge in [-0.05, 0) is 29.7 Å². The van der Waals surface area contributed by atoms with Crippen molar-refractivity contribution < 1.29 is 9.53 Å². The normalized spacial score (nSPS) is 11.7. The van der Waals surface area contributed by atoms with E-state index in [9.17, 15) is 4.79 Å². The lowest BCUT2D eigenvalue weighted by Gasteiger charge is -2.20. The van der Waals surface area contributed by atoms with Gasteiger partial charge in [-0.3, -0.25) is 4.79 Å². The number of hydrogen-bond acceptors (Lipinski definition) is 3. The van der Waals surface area contributed by atoms with Crippen LogP contribution in [0.4, 0.5) is 5.69 Å². The number of ether oxygens (including phenoxy) is 1. The molecule has 162 valence electrons. The first-order valence-electron chi connectivity index (χ1n) is 10.9. The Labute approximate surface area is 189 Å². The van der Waals surface area contributed by atoms with E-state index in [1.54, 1.807) is 7.11 Å². The number of carbonyl (C=O) groups excluding carboxylic acids is 1. The van der Waals surface area contributed by atoms with Crippen molar-refractivity contribution in [2.45, 2.75) is 25.9 Å². The third kappa shape index (κ3) is 4.75. The van der Waals surface area contributed by atoms with Crippen LogP contribution in [0.1, 0.15) is 35.3 Å². The lowest BCUT2D eigenvalue weighted by molar-refractivity contribution is 0.0970. The smallest absolute Gasteiger partial charge is 0.191 e. The number of Topliss-reactive ketones (excluding diaryl/α,β-unsaturated/α-hetero) is 1. The SMILES string of the molecule is CCCn1cc(C(=O)C(Nc2cccc(OC)c2)c2ccccc2)c(-c2ccccc2)c1. The van der Waals surface area contributed by atoms with Gasteiger partial charge in [0.05, 0.1) is 7.11 Å². The molecule has 0 saturated heterocycles. The minimum atomic E-state index is -0.525. The summed E-state index contributed by atoms with van der Waals surface area (Å²) in [6.45, 7) is 3.01. The Morgan fingerprint density at radius 3 is 2.34 bits per heavy atom. The number of aromatic nitrogens is 1. The second-order valence-electron chi connectivity index (χ2n) is 7.77. The Hall–Kier alpha value is -3.79. The monoisotopic (exact) mass is 424 g/mol. The maximum atomic E-state index is 14.0. The molecule has 3 aromatic carbocycles. The van der Waals surface area contributed by atoms with E-state index >= 15 is 0 Å². The molecule has 0 radical (unpaired) electrons. The number of nitrogens with one attached hydrogen (secondary N) is 1. The quantitative estimate of drug-likeness (QED) is 0.307. The van der Waals surface area contributed by atoms with Gasteiger partial charge in [0.15, 0.2) is 5.78 Å². The minimum Gasteiger partial charge on any atom is -0.497 e. The molecule has 0 bridgehead atoms. The largest absolute Gasteiger partial charge is 0.497 e. The molecular formula is C28H28N2O2. The van der Waals surface area contributed by atoms with Gasteiger partial charge in [-0.1, -0.05) is 73.7 Å². The fraction of sp³-hybridized carbons (Fsp3) is 0.179. The van der Waals surface area contributed by atoms with Gasteiger partial charge in [0.1, 0.15) is 11.8 Å². The summed E-state index contributed by atoms with van der Waals surface area (Å²) in [4.78, 5) is 14.0. The first-order valence-corrected chi connectivity index (χ1v) is 10.9. The minimum absolute atomic E-state index is 0.0349. The summed E-state index contributed by atoms with van der Waals surface area (Å²) in [6, 6.07) is 27.1. The summed E-state index contributed by atoms with van der Waals surface area (Å²) >= 11 is 0. The predicted octanol–water partition coefficient (Wildman–Crippen LogP) is 6.61. The molecule has 0 amide bonds. The second-order valence-corrected chi connectivity index (χ2v) is 7.77. The molecule has 0 aliphatic heterocycles. The average molecular weight is 425 g/mol. The van der Waals surface area contributed by atoms with Gasteiger partial charge >= 0.3 is 0 Å². The van der Waals surface area contributed by atoms with Gasteiger partial charge in [-0.2, -0.15) is 0 Å². The Bertz CT molecular complexity index is 1170. The van der Waals surface area contributed by atoms with Crippen molar-refractivity contribution in [1.29, 1.82) is 0 Å². The number of hydrogen-bond donors (Lipinski definition) is 1. The fourth-order valence-electron chi connectivity index (χ4n) is 3.92. The van der Waals surface area contributed by atoms with Crippen LogP contribution in [0.15, 0.2) is 97.3 Å². The van der Waals surface area contributed by atoms with E-state index in [4.69, 9.17) is 4.74 Å². The highest BCUT2D eigenvalue weighted by atomic mass is 16.5. The van der Waals surface area contributed by atoms with Gasteiger partial charge < -0.3 is 14.6 Å². The van der Waals surface area contributed by atoms with E-state index in [-0.39, 0.29) is 5.78 Å². The number of rotatable bonds is 9. The molecule has 4 rings (SSSR count). The molecule has 4 heteroatoms. The highest BCUT2D eigenvalue weighted by Crippen LogP contribution is 2.31. The summed E-state index contributed by atoms with van der Waals surface area (Å²) < 4.78 is 7.48. The number of anilines is 1. The highest BCUT2D eigenvalue weighted by molar-refractivity contribution is 6.07. The summed E-state index contributed by atoms with van der Waals surface area (Å²) in [5.41, 5.74) is 4.47. The molecule has 4 nitrogen and oxygen atoms in total. The topological polar surface area (TPSA) is 43.3 Å². The lowest BCUT2D eigenvalue weighted by Crippen LogP contribution is -2.21. The predicted molar refractivity (Wildman–Crippen MR) is 130 cm³/mol. The van der Waals surface area contributed by atoms with E-state index in [1.807, 2.05) is 79.0 Å². The first-order chi connectivity index (χ1) is 15.7. The van der Waals surface area contributed by atoms with Crippen LogP contribution in [-0.2, 0) is 6.54 Å². The van der Waals surface area contributed by atoms with Crippen molar-refractivity contribution >= 4 is 11.5 Å². The molecule has 0 saturated carbocycles. The van der Waals surface area contributed by atoms with Crippen molar-refractivity contribution in [2.75, 3.05) is 12.4 Å². The van der Waals surface area contributed by atoms with Crippen LogP contribution in [-0.4, -0.2) is 17.5 Å². The van der Waals surface area contributed by atoms with Gasteiger partial charge in [0.2, 0.25) is 0 Å². The van der Waals surface area contributed by atoms with Crippen LogP contribution < -0.4 is 10.1 Å². The number of benzene rings is 3. The zero-order chi connectivity index (χ0) is 22.3. The first kappa shape index (κ1) is 21.4. The summed E-state index contributed by atoms with van der Waals surface area (Å²) in [5, 5.41) is 3.45. The Balaban J connectivity index is 1.77. The Kier molecular flexibility index (Phi) is 6.71. The molecule has 32 heavy (non-hydrogen) atoms. The van der Waals surface area contributed by atoms with E-state index in [2.05, 4.69) is 35.1 Å². The number of aryl methyl sites for hydroxylation is 1. The van der Waals surface area contributed by atoms with Crippen molar-refractivity contribution in [3.05, 3.63) is 108 Å². The molecule has 1 unspecified atom stereocenters. The van der Waals surface area contributed by atoms with Gasteiger partial charge in [0.25, 0.3) is 0 Å². The molecule has 1 N–H and O–H groups in total. The average Bonchev–Trinajstić information content (AvgIpc) is 3.27. The molecule has 1 atom stereocenters. The molecule has 4 aromatic rings. The maximum absolute atomic E-state index is 14.0. The number of ketones is 1. The van der Waals surface area contributed by atoms with Crippen molar-refractivity contribution in [1.82, 2.24) is 4.57 Å². The van der Waals surface area contributed by atoms with Gasteiger partial charge in [-0.25, -0.2) is 0 Å². The van der Waals surface area contributed by atoms with Crippen molar-refractivity contribution in [3.63, 3.8) is 0 Å². The third-order valence-electron chi connectivity index (χ3n) is 5.49. The number of nitrogens with zero attached hydrogens (tertiary/aromatic N) is 1. The number of methoxy groups -OCH3 is 1. The molecule has 0 spiro atoms. The van der Waals surface area contributed by atoms with Crippen LogP contribution in [0.25, 0.3) is 11.1 Å². The van der Waals surface area contributed by atoms with E-state index in [0.29, 0.717) is 5.56 Å². The molecule has 1 aromatic heterocycles. The molecule has 1 heterocycles. The van der Waals surface area contributed by atoms with E-state index < -0.39 is 6.04 Å². The molecule has 0 fully saturated rings. The summed E-state index contributed by atoms with van der Waals surface area (Å²) in [7, 11) is 1.64. The Morgan fingerprint density at radius 2 is 1.66 bits per heavy atom. The maximum Gasteiger partial charge on any atom is 0.191 e. The van der Waals surface area contributed by atoms with Crippen LogP contribution >= 0.6 is 0 Å². The zero-order valence-electron chi connectivity index (χ0n) is 18.5. The Morgan fingerprint density at radius 1 is 0.938 bits per heavy atom. The molecule has 0 aliphatic carbocycles. The highest BCUT2D eigenvalue weighted by Gasteiger charge is 2.26. The van der Waals surface area contributed by atoms with Crippen LogP contribution in [0.5, 0.6) is 5.75 Å². The fourth-order valence-corrected chi connectivity index (χ4v) is 3.92. The van der Waals surface area contributed by atoms with Crippen molar-refractivity contribution in [3.8, 4) is 16.9 Å². The van der Waals surface area contributed by atoms with Crippen molar-refractivity contribution in [2.24, 2.45) is 0 Å². The van der Waals surface area contributed by atoms with E-state index in [0.717, 1.165) is 41.1 Å². The third-order valence-corrected chi connectivity index (χ3v) is 5.49. The van der Waals surface area contributed by atoms with E-state index in [1.165, 1.54) is 0 Å². The van der Waals surface area contributed by atoms with Gasteiger partial charge in [-0.15, -0.1) is 0 Å². The van der Waals surface area contributed by atoms with Crippen LogP contribution in [0.2, 0.25) is 0 Å². The standard InChI is InChI=1S/C28H28N2O2/c1-3-17-30-19-25(21-11-6-4-7-12-21)26(20-30)28(31)27(22-13-8-5-9-14-22)29-23-15-10-16-24(18-23)32-2/h4-16,18-20,27,29H,3,17H2,1-2H3. The summed E-state index contributed by atoms with van der Waals surface area (Å²) in [6.07, 6.45) is 5.07. The van der Waals surface area contributed by atoms with Gasteiger partial charge in [0, 0.05) is 41.8 Å². The van der Waals surface area contributed by atoms with Crippen LogP contribution in [0, 0.1) is 0 Å². The number of carbonyl (C=O) groups is 1. The second kappa shape index (κ2) is 10.0. The lowest BCUT2D eigenvalue weighted by atomic mass is 9.94. The van der Waals surface area contributed by atoms with Crippen LogP contribution in [0.3, 0.4) is 0 Å². The summed E-state index contributed by atoms with van der Waals surface area (Å²) in [5.74, 6) is 0.779. The molecular weight excluding hydrogens is 396 g/mol. The molecule has 0 aliphatic rings. The zero-order valence-corrected chi connectivity index (χ0v) is 18.5.